The van der Waals surface area contributed by atoms with E-state index < -0.39 is 11.8 Å². The van der Waals surface area contributed by atoms with Crippen LogP contribution in [0.3, 0.4) is 0 Å². The minimum Gasteiger partial charge on any atom is -0.361 e. The first kappa shape index (κ1) is 28.4. The van der Waals surface area contributed by atoms with E-state index in [1.54, 1.807) is 48.7 Å². The molecule has 0 aliphatic heterocycles. The van der Waals surface area contributed by atoms with Gasteiger partial charge in [-0.1, -0.05) is 54.6 Å². The highest BCUT2D eigenvalue weighted by atomic mass is 32.2. The topological polar surface area (TPSA) is 103 Å². The zero-order chi connectivity index (χ0) is 29.5. The molecular weight excluding hydrogens is 544 g/mol. The molecule has 0 bridgehead atoms. The van der Waals surface area contributed by atoms with Gasteiger partial charge in [-0.25, -0.2) is 0 Å². The highest BCUT2D eigenvalue weighted by Crippen LogP contribution is 2.24. The number of fused-ring (bicyclic) bond motifs is 1. The van der Waals surface area contributed by atoms with Gasteiger partial charge in [0.1, 0.15) is 5.70 Å². The summed E-state index contributed by atoms with van der Waals surface area (Å²) in [7, 11) is 0. The Morgan fingerprint density at radius 1 is 0.833 bits per heavy atom. The summed E-state index contributed by atoms with van der Waals surface area (Å²) in [4.78, 5) is 43.1. The zero-order valence-electron chi connectivity index (χ0n) is 23.2. The van der Waals surface area contributed by atoms with E-state index >= 15 is 0 Å². The number of rotatable bonds is 9. The predicted molar refractivity (Wildman–Crippen MR) is 171 cm³/mol. The fourth-order valence-electron chi connectivity index (χ4n) is 4.40. The number of carbonyl (C=O) groups excluding carboxylic acids is 3. The molecule has 0 spiro atoms. The summed E-state index contributed by atoms with van der Waals surface area (Å²) in [6.45, 7) is 3.99. The summed E-state index contributed by atoms with van der Waals surface area (Å²) < 4.78 is 0. The number of thioether (sulfide) groups is 1. The van der Waals surface area contributed by atoms with Gasteiger partial charge in [-0.2, -0.15) is 0 Å². The van der Waals surface area contributed by atoms with E-state index in [-0.39, 0.29) is 17.4 Å². The number of nitrogens with one attached hydrogen (secondary N) is 4. The maximum atomic E-state index is 13.5. The molecule has 7 nitrogen and oxygen atoms in total. The number of aromatic nitrogens is 1. The third-order valence-electron chi connectivity index (χ3n) is 6.79. The first-order valence-corrected chi connectivity index (χ1v) is 14.4. The first-order chi connectivity index (χ1) is 20.4. The molecule has 42 heavy (non-hydrogen) atoms. The lowest BCUT2D eigenvalue weighted by Crippen LogP contribution is -2.30. The maximum Gasteiger partial charge on any atom is 0.272 e. The van der Waals surface area contributed by atoms with Crippen molar-refractivity contribution in [3.05, 3.63) is 131 Å². The molecule has 0 fully saturated rings. The summed E-state index contributed by atoms with van der Waals surface area (Å²) >= 11 is 1.37. The van der Waals surface area contributed by atoms with Crippen LogP contribution in [0.15, 0.2) is 114 Å². The van der Waals surface area contributed by atoms with Gasteiger partial charge in [-0.05, 0) is 73.5 Å². The Kier molecular flexibility index (Phi) is 8.84. The normalized spacial score (nSPS) is 11.2. The van der Waals surface area contributed by atoms with Crippen LogP contribution in [-0.2, 0) is 9.59 Å². The lowest BCUT2D eigenvalue weighted by molar-refractivity contribution is -0.114. The van der Waals surface area contributed by atoms with Crippen molar-refractivity contribution >= 4 is 57.8 Å². The van der Waals surface area contributed by atoms with Crippen LogP contribution in [0.2, 0.25) is 0 Å². The zero-order valence-corrected chi connectivity index (χ0v) is 24.0. The predicted octanol–water partition coefficient (Wildman–Crippen LogP) is 6.93. The largest absolute Gasteiger partial charge is 0.361 e. The van der Waals surface area contributed by atoms with Crippen molar-refractivity contribution < 1.29 is 14.4 Å². The van der Waals surface area contributed by atoms with E-state index in [0.29, 0.717) is 11.3 Å². The van der Waals surface area contributed by atoms with E-state index in [1.165, 1.54) is 11.8 Å². The van der Waals surface area contributed by atoms with Crippen LogP contribution in [0.4, 0.5) is 11.4 Å². The monoisotopic (exact) mass is 574 g/mol. The van der Waals surface area contributed by atoms with Crippen molar-refractivity contribution in [2.75, 3.05) is 16.4 Å². The molecule has 0 aliphatic rings. The molecular formula is C34H30N4O3S. The molecule has 210 valence electrons. The van der Waals surface area contributed by atoms with Gasteiger partial charge in [0, 0.05) is 44.5 Å². The molecule has 0 atom stereocenters. The van der Waals surface area contributed by atoms with Crippen molar-refractivity contribution in [2.45, 2.75) is 18.7 Å². The molecule has 1 heterocycles. The number of para-hydroxylation sites is 1. The molecule has 4 aromatic carbocycles. The second kappa shape index (κ2) is 13.1. The SMILES string of the molecule is Cc1cccc(NC(=O)CSc2cccc(NC(=O)/C(=C/c3c[nH]c4ccccc34)NC(=O)c3ccccc3)c2)c1C. The van der Waals surface area contributed by atoms with Crippen molar-refractivity contribution in [1.29, 1.82) is 0 Å². The highest BCUT2D eigenvalue weighted by Gasteiger charge is 2.16. The second-order valence-electron chi connectivity index (χ2n) is 9.73. The smallest absolute Gasteiger partial charge is 0.272 e. The fraction of sp³-hybridized carbons (Fsp3) is 0.0882. The number of aromatic amines is 1. The van der Waals surface area contributed by atoms with Crippen molar-refractivity contribution in [3.63, 3.8) is 0 Å². The van der Waals surface area contributed by atoms with Crippen LogP contribution in [-0.4, -0.2) is 28.5 Å². The summed E-state index contributed by atoms with van der Waals surface area (Å²) in [5.74, 6) is -0.769. The van der Waals surface area contributed by atoms with E-state index in [9.17, 15) is 14.4 Å². The van der Waals surface area contributed by atoms with Crippen LogP contribution in [0, 0.1) is 13.8 Å². The van der Waals surface area contributed by atoms with Crippen LogP contribution < -0.4 is 16.0 Å². The molecule has 0 aliphatic carbocycles. The van der Waals surface area contributed by atoms with E-state index in [4.69, 9.17) is 0 Å². The van der Waals surface area contributed by atoms with Crippen molar-refractivity contribution in [3.8, 4) is 0 Å². The summed E-state index contributed by atoms with van der Waals surface area (Å²) in [6, 6.07) is 29.5. The summed E-state index contributed by atoms with van der Waals surface area (Å²) in [6.07, 6.45) is 3.46. The standard InChI is InChI=1S/C34H30N4O3S/c1-22-10-8-17-29(23(22)2)37-32(39)21-42-27-14-9-13-26(19-27)36-34(41)31(38-33(40)24-11-4-3-5-12-24)18-25-20-35-30-16-7-6-15-28(25)30/h3-20,35H,21H2,1-2H3,(H,36,41)(H,37,39)(H,38,40)/b31-18-. The fourth-order valence-corrected chi connectivity index (χ4v) is 5.15. The average molecular weight is 575 g/mol. The van der Waals surface area contributed by atoms with Gasteiger partial charge in [0.2, 0.25) is 5.91 Å². The summed E-state index contributed by atoms with van der Waals surface area (Å²) in [5, 5.41) is 9.57. The number of hydrogen-bond acceptors (Lipinski definition) is 4. The molecule has 0 radical (unpaired) electrons. The Bertz CT molecular complexity index is 1790. The Balaban J connectivity index is 1.31. The Morgan fingerprint density at radius 2 is 1.60 bits per heavy atom. The van der Waals surface area contributed by atoms with Crippen LogP contribution in [0.1, 0.15) is 27.0 Å². The Hall–Kier alpha value is -5.08. The van der Waals surface area contributed by atoms with E-state index in [0.717, 1.165) is 38.2 Å². The van der Waals surface area contributed by atoms with Gasteiger partial charge in [0.15, 0.2) is 0 Å². The molecule has 4 N–H and O–H groups in total. The Morgan fingerprint density at radius 3 is 2.43 bits per heavy atom. The molecule has 1 aromatic heterocycles. The number of anilines is 2. The number of amides is 3. The van der Waals surface area contributed by atoms with E-state index in [1.807, 2.05) is 74.5 Å². The number of aryl methyl sites for hydroxylation is 1. The Labute approximate surface area is 248 Å². The molecule has 0 saturated heterocycles. The van der Waals surface area contributed by atoms with Gasteiger partial charge in [0.05, 0.1) is 5.75 Å². The number of benzene rings is 4. The molecule has 0 unspecified atom stereocenters. The van der Waals surface area contributed by atoms with Gasteiger partial charge >= 0.3 is 0 Å². The lowest BCUT2D eigenvalue weighted by atomic mass is 10.1. The maximum absolute atomic E-state index is 13.5. The lowest BCUT2D eigenvalue weighted by Gasteiger charge is -2.12. The quantitative estimate of drug-likeness (QED) is 0.113. The van der Waals surface area contributed by atoms with E-state index in [2.05, 4.69) is 20.9 Å². The number of hydrogen-bond donors (Lipinski definition) is 4. The van der Waals surface area contributed by atoms with Crippen molar-refractivity contribution in [1.82, 2.24) is 10.3 Å². The minimum absolute atomic E-state index is 0.0968. The molecule has 5 rings (SSSR count). The second-order valence-corrected chi connectivity index (χ2v) is 10.8. The van der Waals surface area contributed by atoms with Crippen LogP contribution in [0.5, 0.6) is 0 Å². The average Bonchev–Trinajstić information content (AvgIpc) is 3.41. The number of H-pyrrole nitrogens is 1. The van der Waals surface area contributed by atoms with Gasteiger partial charge < -0.3 is 20.9 Å². The van der Waals surface area contributed by atoms with Crippen molar-refractivity contribution in [2.24, 2.45) is 0 Å². The van der Waals surface area contributed by atoms with Crippen LogP contribution in [0.25, 0.3) is 17.0 Å². The number of carbonyl (C=O) groups is 3. The molecule has 8 heteroatoms. The summed E-state index contributed by atoms with van der Waals surface area (Å²) in [5.41, 5.74) is 5.71. The molecule has 0 saturated carbocycles. The van der Waals surface area contributed by atoms with Crippen LogP contribution >= 0.6 is 11.8 Å². The third-order valence-corrected chi connectivity index (χ3v) is 7.78. The molecule has 3 amide bonds. The third kappa shape index (κ3) is 6.97. The van der Waals surface area contributed by atoms with Gasteiger partial charge in [0.25, 0.3) is 11.8 Å². The minimum atomic E-state index is -0.473. The van der Waals surface area contributed by atoms with Gasteiger partial charge in [-0.15, -0.1) is 11.8 Å². The van der Waals surface area contributed by atoms with Gasteiger partial charge in [-0.3, -0.25) is 14.4 Å². The first-order valence-electron chi connectivity index (χ1n) is 13.4. The molecule has 5 aromatic rings. The highest BCUT2D eigenvalue weighted by molar-refractivity contribution is 8.00.